The summed E-state index contributed by atoms with van der Waals surface area (Å²) < 4.78 is 28.3. The third kappa shape index (κ3) is 4.59. The number of nitrogens with zero attached hydrogens (tertiary/aromatic N) is 1. The molecule has 12 heteroatoms. The maximum absolute atomic E-state index is 12.4. The molecule has 2 N–H and O–H groups in total. The topological polar surface area (TPSA) is 105 Å². The fraction of sp³-hybridized carbons (Fsp3) is 0.429. The molecule has 1 aromatic carbocycles. The van der Waals surface area contributed by atoms with Crippen molar-refractivity contribution in [3.63, 3.8) is 0 Å². The predicted octanol–water partition coefficient (Wildman–Crippen LogP) is 0.880. The molecule has 8 nitrogen and oxygen atoms in total. The number of methoxy groups -OCH3 is 1. The Morgan fingerprint density at radius 2 is 1.96 bits per heavy atom. The maximum Gasteiger partial charge on any atom is 0.269 e. The highest BCUT2D eigenvalue weighted by Crippen LogP contribution is 2.31. The molecule has 0 aliphatic carbocycles. The van der Waals surface area contributed by atoms with E-state index in [1.807, 2.05) is 0 Å². The quantitative estimate of drug-likeness (QED) is 0.367. The molecule has 1 aliphatic rings. The lowest BCUT2D eigenvalue weighted by Crippen LogP contribution is -2.56. The number of rotatable bonds is 7. The summed E-state index contributed by atoms with van der Waals surface area (Å²) in [5.74, 6) is -1.59. The minimum atomic E-state index is -4.10. The van der Waals surface area contributed by atoms with E-state index in [-0.39, 0.29) is 17.0 Å². The molecule has 26 heavy (non-hydrogen) atoms. The van der Waals surface area contributed by atoms with Gasteiger partial charge in [0, 0.05) is 13.7 Å². The summed E-state index contributed by atoms with van der Waals surface area (Å²) in [6.45, 7) is -0.178. The number of sulfonamides is 1. The number of halogens is 3. The Morgan fingerprint density at radius 1 is 1.31 bits per heavy atom. The summed E-state index contributed by atoms with van der Waals surface area (Å²) in [4.78, 5) is 24.4. The number of hydrogen-bond donors (Lipinski definition) is 2. The Kier molecular flexibility index (Phi) is 6.75. The van der Waals surface area contributed by atoms with Gasteiger partial charge in [-0.25, -0.2) is 12.7 Å². The molecule has 1 heterocycles. The lowest BCUT2D eigenvalue weighted by molar-refractivity contribution is -0.121. The molecular weight excluding hydrogens is 429 g/mol. The summed E-state index contributed by atoms with van der Waals surface area (Å²) in [6.07, 6.45) is -1.11. The summed E-state index contributed by atoms with van der Waals surface area (Å²) in [6, 6.07) is 5.71. The largest absolute Gasteiger partial charge is 0.383 e. The van der Waals surface area contributed by atoms with E-state index in [1.54, 1.807) is 0 Å². The normalized spacial score (nSPS) is 17.1. The standard InChI is InChI=1S/C14H16Cl3N3O5S/c1-25-7-6-18-13(14(15,16)17)19-11(21)8-20-12(22)9-4-2-3-5-10(9)26(20,23)24/h2-5,13,18H,6-8H2,1H3,(H,19,21). The number of fused-ring (bicyclic) bond motifs is 1. The summed E-state index contributed by atoms with van der Waals surface area (Å²) in [5.41, 5.74) is 0.0106. The Balaban J connectivity index is 2.11. The lowest BCUT2D eigenvalue weighted by atomic mass is 10.2. The molecular formula is C14H16Cl3N3O5S. The molecule has 0 fully saturated rings. The first-order valence-corrected chi connectivity index (χ1v) is 9.91. The molecule has 144 valence electrons. The molecule has 0 spiro atoms. The van der Waals surface area contributed by atoms with Crippen LogP contribution in [0.25, 0.3) is 0 Å². The van der Waals surface area contributed by atoms with Gasteiger partial charge in [0.2, 0.25) is 9.70 Å². The number of hydrogen-bond acceptors (Lipinski definition) is 6. The van der Waals surface area contributed by atoms with Crippen molar-refractivity contribution >= 4 is 56.6 Å². The van der Waals surface area contributed by atoms with Crippen molar-refractivity contribution in [1.82, 2.24) is 14.9 Å². The Hall–Kier alpha value is -1.10. The van der Waals surface area contributed by atoms with Gasteiger partial charge in [-0.15, -0.1) is 0 Å². The molecule has 2 amide bonds. The van der Waals surface area contributed by atoms with Crippen LogP contribution < -0.4 is 10.6 Å². The van der Waals surface area contributed by atoms with E-state index in [2.05, 4.69) is 10.6 Å². The molecule has 0 saturated heterocycles. The van der Waals surface area contributed by atoms with Crippen LogP contribution in [0.2, 0.25) is 0 Å². The van der Waals surface area contributed by atoms with Crippen LogP contribution in [0.15, 0.2) is 29.2 Å². The van der Waals surface area contributed by atoms with Gasteiger partial charge in [0.15, 0.2) is 0 Å². The molecule has 1 aliphatic heterocycles. The van der Waals surface area contributed by atoms with Crippen LogP contribution in [0.4, 0.5) is 0 Å². The van der Waals surface area contributed by atoms with Crippen molar-refractivity contribution < 1.29 is 22.7 Å². The average Bonchev–Trinajstić information content (AvgIpc) is 2.75. The highest BCUT2D eigenvalue weighted by molar-refractivity contribution is 7.90. The SMILES string of the molecule is COCCNC(NC(=O)CN1C(=O)c2ccccc2S1(=O)=O)C(Cl)(Cl)Cl. The van der Waals surface area contributed by atoms with Crippen LogP contribution in [0.1, 0.15) is 10.4 Å². The van der Waals surface area contributed by atoms with E-state index in [0.717, 1.165) is 0 Å². The van der Waals surface area contributed by atoms with E-state index in [9.17, 15) is 18.0 Å². The number of alkyl halides is 3. The summed E-state index contributed by atoms with van der Waals surface area (Å²) in [7, 11) is -2.62. The van der Waals surface area contributed by atoms with Gasteiger partial charge < -0.3 is 10.1 Å². The van der Waals surface area contributed by atoms with Crippen molar-refractivity contribution in [3.8, 4) is 0 Å². The molecule has 0 bridgehead atoms. The van der Waals surface area contributed by atoms with Gasteiger partial charge >= 0.3 is 0 Å². The van der Waals surface area contributed by atoms with Crippen LogP contribution in [-0.2, 0) is 19.6 Å². The van der Waals surface area contributed by atoms with Gasteiger partial charge in [-0.3, -0.25) is 14.9 Å². The molecule has 1 aromatic rings. The van der Waals surface area contributed by atoms with E-state index < -0.39 is 38.3 Å². The fourth-order valence-corrected chi connectivity index (χ4v) is 4.20. The maximum atomic E-state index is 12.4. The molecule has 2 rings (SSSR count). The van der Waals surface area contributed by atoms with Gasteiger partial charge in [0.05, 0.1) is 12.2 Å². The highest BCUT2D eigenvalue weighted by Gasteiger charge is 2.42. The first kappa shape index (κ1) is 21.2. The van der Waals surface area contributed by atoms with E-state index in [4.69, 9.17) is 39.5 Å². The second-order valence-corrected chi connectivity index (χ2v) is 9.50. The van der Waals surface area contributed by atoms with Gasteiger partial charge in [0.25, 0.3) is 15.9 Å². The van der Waals surface area contributed by atoms with Gasteiger partial charge in [-0.1, -0.05) is 46.9 Å². The average molecular weight is 445 g/mol. The zero-order valence-corrected chi connectivity index (χ0v) is 16.6. The number of ether oxygens (including phenoxy) is 1. The molecule has 0 radical (unpaired) electrons. The summed E-state index contributed by atoms with van der Waals surface area (Å²) in [5, 5.41) is 5.13. The minimum Gasteiger partial charge on any atom is -0.383 e. The third-order valence-electron chi connectivity index (χ3n) is 3.49. The van der Waals surface area contributed by atoms with Gasteiger partial charge in [-0.2, -0.15) is 0 Å². The zero-order valence-electron chi connectivity index (χ0n) is 13.5. The van der Waals surface area contributed by atoms with Crippen LogP contribution >= 0.6 is 34.8 Å². The number of carbonyl (C=O) groups excluding carboxylic acids is 2. The van der Waals surface area contributed by atoms with Crippen molar-refractivity contribution in [2.45, 2.75) is 14.9 Å². The Labute approximate surface area is 165 Å². The third-order valence-corrected chi connectivity index (χ3v) is 5.93. The van der Waals surface area contributed by atoms with Crippen LogP contribution in [0, 0.1) is 0 Å². The first-order chi connectivity index (χ1) is 12.1. The van der Waals surface area contributed by atoms with E-state index >= 15 is 0 Å². The number of nitrogens with one attached hydrogen (secondary N) is 2. The fourth-order valence-electron chi connectivity index (χ4n) is 2.28. The van der Waals surface area contributed by atoms with E-state index in [0.29, 0.717) is 10.9 Å². The van der Waals surface area contributed by atoms with Crippen LogP contribution in [-0.4, -0.2) is 61.3 Å². The van der Waals surface area contributed by atoms with E-state index in [1.165, 1.54) is 31.4 Å². The molecule has 0 saturated carbocycles. The van der Waals surface area contributed by atoms with Crippen molar-refractivity contribution in [2.24, 2.45) is 0 Å². The van der Waals surface area contributed by atoms with Crippen molar-refractivity contribution in [1.29, 1.82) is 0 Å². The number of benzene rings is 1. The second kappa shape index (κ2) is 8.28. The minimum absolute atomic E-state index is 0.0106. The second-order valence-electron chi connectivity index (χ2n) is 5.30. The number of amides is 2. The molecule has 0 aromatic heterocycles. The Bertz CT molecular complexity index is 797. The van der Waals surface area contributed by atoms with Crippen LogP contribution in [0.3, 0.4) is 0 Å². The lowest BCUT2D eigenvalue weighted by Gasteiger charge is -2.27. The van der Waals surface area contributed by atoms with Crippen molar-refractivity contribution in [3.05, 3.63) is 29.8 Å². The highest BCUT2D eigenvalue weighted by atomic mass is 35.6. The molecule has 1 atom stereocenters. The smallest absolute Gasteiger partial charge is 0.269 e. The predicted molar refractivity (Wildman–Crippen MR) is 96.8 cm³/mol. The number of carbonyl (C=O) groups is 2. The van der Waals surface area contributed by atoms with Crippen molar-refractivity contribution in [2.75, 3.05) is 26.8 Å². The Morgan fingerprint density at radius 3 is 2.54 bits per heavy atom. The van der Waals surface area contributed by atoms with Gasteiger partial charge in [0.1, 0.15) is 17.6 Å². The zero-order chi connectivity index (χ0) is 19.5. The van der Waals surface area contributed by atoms with Gasteiger partial charge in [-0.05, 0) is 12.1 Å². The molecule has 1 unspecified atom stereocenters. The first-order valence-electron chi connectivity index (χ1n) is 7.33. The summed E-state index contributed by atoms with van der Waals surface area (Å²) >= 11 is 17.4. The van der Waals surface area contributed by atoms with Crippen LogP contribution in [0.5, 0.6) is 0 Å². The monoisotopic (exact) mass is 443 g/mol.